The van der Waals surface area contributed by atoms with Crippen LogP contribution in [0.4, 0.5) is 0 Å². The molecule has 0 fully saturated rings. The average Bonchev–Trinajstić information content (AvgIpc) is 2.64. The molecule has 1 aromatic heterocycles. The van der Waals surface area contributed by atoms with Crippen molar-refractivity contribution in [1.82, 2.24) is 9.78 Å². The van der Waals surface area contributed by atoms with Gasteiger partial charge in [0.25, 0.3) is 6.33 Å². The van der Waals surface area contributed by atoms with Crippen molar-refractivity contribution in [2.75, 3.05) is 5.84 Å². The van der Waals surface area contributed by atoms with Gasteiger partial charge in [0.1, 0.15) is 0 Å². The summed E-state index contributed by atoms with van der Waals surface area (Å²) in [5.74, 6) is 5.42. The minimum Gasteiger partial charge on any atom is -1.00 e. The second-order valence-electron chi connectivity index (χ2n) is 3.29. The maximum Gasteiger partial charge on any atom is 0.286 e. The number of hydrogen-bond donors (Lipinski definition) is 1. The molecular formula is C10H10Br2N4O. The van der Waals surface area contributed by atoms with Gasteiger partial charge >= 0.3 is 0 Å². The fraction of sp³-hybridized carbons (Fsp3) is 0.100. The van der Waals surface area contributed by atoms with Crippen LogP contribution in [0.3, 0.4) is 0 Å². The Kier molecular flexibility index (Phi) is 4.83. The highest BCUT2D eigenvalue weighted by Gasteiger charge is 2.14. The molecule has 0 unspecified atom stereocenters. The van der Waals surface area contributed by atoms with Gasteiger partial charge in [-0.05, 0) is 6.07 Å². The molecule has 0 saturated heterocycles. The van der Waals surface area contributed by atoms with E-state index in [2.05, 4.69) is 21.0 Å². The van der Waals surface area contributed by atoms with E-state index in [1.54, 1.807) is 12.4 Å². The summed E-state index contributed by atoms with van der Waals surface area (Å²) >= 11 is 3.34. The number of halogens is 2. The zero-order valence-electron chi connectivity index (χ0n) is 8.75. The Morgan fingerprint density at radius 3 is 2.76 bits per heavy atom. The lowest BCUT2D eigenvalue weighted by Gasteiger charge is -1.99. The van der Waals surface area contributed by atoms with Crippen molar-refractivity contribution in [2.24, 2.45) is 0 Å². The quantitative estimate of drug-likeness (QED) is 0.374. The third-order valence-electron chi connectivity index (χ3n) is 2.08. The average molecular weight is 362 g/mol. The van der Waals surface area contributed by atoms with E-state index in [-0.39, 0.29) is 29.3 Å². The molecule has 2 aromatic rings. The molecule has 7 heteroatoms. The molecule has 0 spiro atoms. The lowest BCUT2D eigenvalue weighted by molar-refractivity contribution is -0.639. The summed E-state index contributed by atoms with van der Waals surface area (Å²) in [4.78, 5) is 11.9. The Hall–Kier alpha value is -1.21. The van der Waals surface area contributed by atoms with Gasteiger partial charge in [0.15, 0.2) is 6.54 Å². The molecule has 1 heterocycles. The fourth-order valence-electron chi connectivity index (χ4n) is 1.34. The van der Waals surface area contributed by atoms with E-state index in [4.69, 9.17) is 5.84 Å². The van der Waals surface area contributed by atoms with Gasteiger partial charge in [-0.25, -0.2) is 0 Å². The van der Waals surface area contributed by atoms with Gasteiger partial charge in [-0.15, -0.1) is 9.36 Å². The molecule has 2 rings (SSSR count). The van der Waals surface area contributed by atoms with E-state index in [0.29, 0.717) is 5.56 Å². The number of nitrogens with two attached hydrogens (primary N) is 1. The van der Waals surface area contributed by atoms with E-state index < -0.39 is 0 Å². The first kappa shape index (κ1) is 13.9. The van der Waals surface area contributed by atoms with Crippen LogP contribution in [0.1, 0.15) is 10.4 Å². The van der Waals surface area contributed by atoms with Crippen molar-refractivity contribution in [3.05, 3.63) is 47.0 Å². The number of nitrogen functional groups attached to an aromatic ring is 1. The summed E-state index contributed by atoms with van der Waals surface area (Å²) in [5, 5.41) is 3.93. The van der Waals surface area contributed by atoms with Gasteiger partial charge in [0, 0.05) is 15.1 Å². The maximum absolute atomic E-state index is 11.9. The van der Waals surface area contributed by atoms with Crippen LogP contribution in [0.2, 0.25) is 0 Å². The highest BCUT2D eigenvalue weighted by atomic mass is 79.9. The molecule has 0 aliphatic heterocycles. The summed E-state index contributed by atoms with van der Waals surface area (Å²) in [6.45, 7) is 0.173. The van der Waals surface area contributed by atoms with Crippen LogP contribution in [0.5, 0.6) is 0 Å². The molecule has 0 radical (unpaired) electrons. The van der Waals surface area contributed by atoms with Gasteiger partial charge in [0.2, 0.25) is 12.1 Å². The minimum atomic E-state index is -0.0174. The third-order valence-corrected chi connectivity index (χ3v) is 2.77. The predicted octanol–water partition coefficient (Wildman–Crippen LogP) is -2.47. The molecule has 0 aliphatic rings. The Morgan fingerprint density at radius 1 is 1.47 bits per heavy atom. The summed E-state index contributed by atoms with van der Waals surface area (Å²) < 4.78 is 3.57. The predicted molar refractivity (Wildman–Crippen MR) is 61.0 cm³/mol. The Balaban J connectivity index is 0.00000144. The number of benzene rings is 1. The normalized spacial score (nSPS) is 9.71. The number of rotatable bonds is 3. The molecular weight excluding hydrogens is 352 g/mol. The van der Waals surface area contributed by atoms with Gasteiger partial charge < -0.3 is 17.0 Å². The molecule has 1 aromatic carbocycles. The van der Waals surface area contributed by atoms with Crippen LogP contribution in [-0.4, -0.2) is 15.6 Å². The summed E-state index contributed by atoms with van der Waals surface area (Å²) in [7, 11) is 0. The lowest BCUT2D eigenvalue weighted by Crippen LogP contribution is -3.00. The van der Waals surface area contributed by atoms with Crippen molar-refractivity contribution in [3.8, 4) is 0 Å². The molecule has 0 aliphatic carbocycles. The number of hydrogen-bond acceptors (Lipinski definition) is 3. The number of nitrogens with zero attached hydrogens (tertiary/aromatic N) is 3. The molecule has 5 nitrogen and oxygen atoms in total. The Labute approximate surface area is 117 Å². The van der Waals surface area contributed by atoms with Gasteiger partial charge in [-0.1, -0.05) is 34.1 Å². The molecule has 0 saturated carbocycles. The topological polar surface area (TPSA) is 64.8 Å². The number of ketones is 1. The largest absolute Gasteiger partial charge is 1.00 e. The standard InChI is InChI=1S/C10H10BrN4O.BrH/c11-9-4-2-1-3-8(9)10(16)5-15-7-14(12)6-13-15;/h1-4,6-7H,5,12H2;1H/q+1;/p-1. The van der Waals surface area contributed by atoms with Gasteiger partial charge in [0.05, 0.1) is 0 Å². The summed E-state index contributed by atoms with van der Waals surface area (Å²) in [5.41, 5.74) is 0.640. The van der Waals surface area contributed by atoms with Crippen molar-refractivity contribution in [1.29, 1.82) is 0 Å². The van der Waals surface area contributed by atoms with Crippen LogP contribution >= 0.6 is 15.9 Å². The first-order valence-electron chi connectivity index (χ1n) is 4.63. The van der Waals surface area contributed by atoms with E-state index in [1.807, 2.05) is 18.2 Å². The molecule has 0 bridgehead atoms. The molecule has 90 valence electrons. The smallest absolute Gasteiger partial charge is 0.286 e. The zero-order chi connectivity index (χ0) is 11.5. The first-order chi connectivity index (χ1) is 7.66. The molecule has 17 heavy (non-hydrogen) atoms. The van der Waals surface area contributed by atoms with Crippen LogP contribution in [0, 0.1) is 0 Å². The second-order valence-corrected chi connectivity index (χ2v) is 4.15. The number of carbonyl (C=O) groups is 1. The number of aromatic nitrogens is 3. The first-order valence-corrected chi connectivity index (χ1v) is 5.42. The van der Waals surface area contributed by atoms with Crippen molar-refractivity contribution >= 4 is 21.7 Å². The van der Waals surface area contributed by atoms with E-state index >= 15 is 0 Å². The van der Waals surface area contributed by atoms with Crippen LogP contribution in [-0.2, 0) is 6.54 Å². The van der Waals surface area contributed by atoms with Crippen LogP contribution < -0.4 is 27.5 Å². The van der Waals surface area contributed by atoms with Crippen LogP contribution in [0.15, 0.2) is 41.4 Å². The lowest BCUT2D eigenvalue weighted by atomic mass is 10.1. The van der Waals surface area contributed by atoms with Gasteiger partial charge in [-0.2, -0.15) is 0 Å². The monoisotopic (exact) mass is 360 g/mol. The highest BCUT2D eigenvalue weighted by molar-refractivity contribution is 9.10. The number of carbonyl (C=O) groups excluding carboxylic acids is 1. The zero-order valence-corrected chi connectivity index (χ0v) is 11.9. The fourth-order valence-corrected chi connectivity index (χ4v) is 1.85. The Morgan fingerprint density at radius 2 is 2.18 bits per heavy atom. The molecule has 0 amide bonds. The van der Waals surface area contributed by atoms with E-state index in [1.165, 1.54) is 15.7 Å². The molecule has 0 atom stereocenters. The third kappa shape index (κ3) is 3.37. The second kappa shape index (κ2) is 5.92. The van der Waals surface area contributed by atoms with Crippen molar-refractivity contribution < 1.29 is 26.5 Å². The maximum atomic E-state index is 11.9. The molecule has 2 N–H and O–H groups in total. The van der Waals surface area contributed by atoms with Crippen molar-refractivity contribution in [2.45, 2.75) is 6.54 Å². The highest BCUT2D eigenvalue weighted by Crippen LogP contribution is 2.16. The van der Waals surface area contributed by atoms with Gasteiger partial charge in [-0.3, -0.25) is 10.6 Å². The minimum absolute atomic E-state index is 0. The Bertz CT molecular complexity index is 527. The van der Waals surface area contributed by atoms with E-state index in [9.17, 15) is 4.79 Å². The number of Topliss-reactive ketones (excluding diaryl/α,β-unsaturated/α-hetero) is 1. The summed E-state index contributed by atoms with van der Waals surface area (Å²) in [6, 6.07) is 7.29. The SMILES string of the molecule is N[n+]1cnn(CC(=O)c2ccccc2Br)c1.[Br-]. The van der Waals surface area contributed by atoms with Crippen molar-refractivity contribution in [3.63, 3.8) is 0 Å². The van der Waals surface area contributed by atoms with E-state index in [0.717, 1.165) is 4.47 Å². The van der Waals surface area contributed by atoms with Crippen LogP contribution in [0.25, 0.3) is 0 Å². The summed E-state index contributed by atoms with van der Waals surface area (Å²) in [6.07, 6.45) is 2.99.